The molecule has 4 nitrogen and oxygen atoms in total. The first-order valence-corrected chi connectivity index (χ1v) is 5.04. The molecule has 0 spiro atoms. The summed E-state index contributed by atoms with van der Waals surface area (Å²) in [5.41, 5.74) is 5.51. The monoisotopic (exact) mass is 221 g/mol. The highest BCUT2D eigenvalue weighted by Crippen LogP contribution is 2.22. The van der Waals surface area contributed by atoms with Crippen molar-refractivity contribution < 1.29 is 13.5 Å². The summed E-state index contributed by atoms with van der Waals surface area (Å²) in [6.07, 6.45) is 2.53. The Morgan fingerprint density at radius 2 is 2.00 bits per heavy atom. The smallest absolute Gasteiger partial charge is 0.345 e. The molecule has 6 heteroatoms. The molecular formula is C9H17F2N3O. The fourth-order valence-corrected chi connectivity index (χ4v) is 1.76. The van der Waals surface area contributed by atoms with Crippen LogP contribution in [0.15, 0.2) is 4.99 Å². The Hall–Kier alpha value is -0.910. The molecule has 15 heavy (non-hydrogen) atoms. The maximum absolute atomic E-state index is 11.9. The minimum atomic E-state index is -2.67. The second kappa shape index (κ2) is 5.85. The molecule has 1 aliphatic carbocycles. The Bertz CT molecular complexity index is 215. The van der Waals surface area contributed by atoms with Gasteiger partial charge in [0.2, 0.25) is 0 Å². The van der Waals surface area contributed by atoms with Crippen LogP contribution in [0.4, 0.5) is 8.78 Å². The molecule has 1 fully saturated rings. The van der Waals surface area contributed by atoms with Gasteiger partial charge in [-0.3, -0.25) is 4.99 Å². The van der Waals surface area contributed by atoms with Crippen LogP contribution in [-0.2, 0) is 4.74 Å². The molecule has 0 amide bonds. The van der Waals surface area contributed by atoms with E-state index in [0.29, 0.717) is 18.8 Å². The lowest BCUT2D eigenvalue weighted by Gasteiger charge is -2.28. The van der Waals surface area contributed by atoms with Gasteiger partial charge in [-0.25, -0.2) is 0 Å². The lowest BCUT2D eigenvalue weighted by Crippen LogP contribution is -2.43. The van der Waals surface area contributed by atoms with Crippen LogP contribution in [0.3, 0.4) is 0 Å². The molecule has 0 unspecified atom stereocenters. The third kappa shape index (κ3) is 4.42. The molecule has 0 saturated heterocycles. The standard InChI is InChI=1S/C9H17F2N3O/c1-13-9(12)14-6-2-4-7(5-3-6)15-8(10)11/h6-8H,2-5H2,1H3,(H3,12,13,14). The van der Waals surface area contributed by atoms with Crippen LogP contribution in [0.1, 0.15) is 25.7 Å². The number of alkyl halides is 2. The first kappa shape index (κ1) is 12.2. The Balaban J connectivity index is 2.24. The number of nitrogens with two attached hydrogens (primary N) is 1. The number of halogens is 2. The van der Waals surface area contributed by atoms with Gasteiger partial charge in [-0.2, -0.15) is 8.78 Å². The van der Waals surface area contributed by atoms with Gasteiger partial charge in [-0.15, -0.1) is 0 Å². The summed E-state index contributed by atoms with van der Waals surface area (Å²) < 4.78 is 28.3. The highest BCUT2D eigenvalue weighted by atomic mass is 19.3. The van der Waals surface area contributed by atoms with Gasteiger partial charge < -0.3 is 15.8 Å². The van der Waals surface area contributed by atoms with Gasteiger partial charge in [0.05, 0.1) is 6.10 Å². The van der Waals surface area contributed by atoms with E-state index in [2.05, 4.69) is 15.0 Å². The molecule has 88 valence electrons. The average molecular weight is 221 g/mol. The Morgan fingerprint density at radius 1 is 1.40 bits per heavy atom. The van der Waals surface area contributed by atoms with Crippen molar-refractivity contribution in [2.24, 2.45) is 10.7 Å². The fraction of sp³-hybridized carbons (Fsp3) is 0.889. The van der Waals surface area contributed by atoms with Crippen LogP contribution >= 0.6 is 0 Å². The topological polar surface area (TPSA) is 59.6 Å². The van der Waals surface area contributed by atoms with Gasteiger partial charge in [0.1, 0.15) is 0 Å². The average Bonchev–Trinajstić information content (AvgIpc) is 2.20. The number of guanidine groups is 1. The SMILES string of the molecule is CN=C(N)NC1CCC(OC(F)F)CC1. The van der Waals surface area contributed by atoms with Crippen molar-refractivity contribution in [2.45, 2.75) is 44.4 Å². The molecule has 0 aliphatic heterocycles. The van der Waals surface area contributed by atoms with Crippen molar-refractivity contribution in [1.29, 1.82) is 0 Å². The van der Waals surface area contributed by atoms with E-state index >= 15 is 0 Å². The van der Waals surface area contributed by atoms with Gasteiger partial charge in [0.15, 0.2) is 5.96 Å². The molecule has 0 aromatic heterocycles. The predicted octanol–water partition coefficient (Wildman–Crippen LogP) is 1.07. The largest absolute Gasteiger partial charge is 0.370 e. The first-order valence-electron chi connectivity index (χ1n) is 5.04. The van der Waals surface area contributed by atoms with Crippen LogP contribution < -0.4 is 11.1 Å². The summed E-state index contributed by atoms with van der Waals surface area (Å²) >= 11 is 0. The highest BCUT2D eigenvalue weighted by Gasteiger charge is 2.23. The van der Waals surface area contributed by atoms with Crippen molar-refractivity contribution in [3.63, 3.8) is 0 Å². The summed E-state index contributed by atoms with van der Waals surface area (Å²) in [6.45, 7) is -2.67. The van der Waals surface area contributed by atoms with E-state index < -0.39 is 6.61 Å². The molecule has 0 bridgehead atoms. The Labute approximate surface area is 87.9 Å². The maximum atomic E-state index is 11.9. The van der Waals surface area contributed by atoms with Crippen LogP contribution in [-0.4, -0.2) is 31.8 Å². The van der Waals surface area contributed by atoms with E-state index in [-0.39, 0.29) is 12.1 Å². The second-order valence-corrected chi connectivity index (χ2v) is 3.62. The third-order valence-corrected chi connectivity index (χ3v) is 2.56. The summed E-state index contributed by atoms with van der Waals surface area (Å²) in [5.74, 6) is 0.397. The van der Waals surface area contributed by atoms with Crippen molar-refractivity contribution in [3.05, 3.63) is 0 Å². The van der Waals surface area contributed by atoms with E-state index in [1.807, 2.05) is 0 Å². The molecule has 1 aliphatic rings. The second-order valence-electron chi connectivity index (χ2n) is 3.62. The number of rotatable bonds is 3. The molecule has 0 atom stereocenters. The van der Waals surface area contributed by atoms with Crippen LogP contribution in [0, 0.1) is 0 Å². The zero-order valence-corrected chi connectivity index (χ0v) is 8.75. The van der Waals surface area contributed by atoms with Gasteiger partial charge in [0.25, 0.3) is 0 Å². The quantitative estimate of drug-likeness (QED) is 0.553. The number of hydrogen-bond donors (Lipinski definition) is 2. The zero-order valence-electron chi connectivity index (χ0n) is 8.75. The number of hydrogen-bond acceptors (Lipinski definition) is 2. The van der Waals surface area contributed by atoms with E-state index in [1.165, 1.54) is 0 Å². The van der Waals surface area contributed by atoms with Crippen molar-refractivity contribution in [3.8, 4) is 0 Å². The maximum Gasteiger partial charge on any atom is 0.345 e. The molecule has 0 aromatic carbocycles. The molecule has 0 aromatic rings. The van der Waals surface area contributed by atoms with Gasteiger partial charge in [0, 0.05) is 13.1 Å². The fourth-order valence-electron chi connectivity index (χ4n) is 1.76. The number of nitrogens with zero attached hydrogens (tertiary/aromatic N) is 1. The van der Waals surface area contributed by atoms with Crippen LogP contribution in [0.2, 0.25) is 0 Å². The molecule has 0 heterocycles. The summed E-state index contributed by atoms with van der Waals surface area (Å²) in [7, 11) is 1.61. The molecule has 1 saturated carbocycles. The molecule has 3 N–H and O–H groups in total. The van der Waals surface area contributed by atoms with Gasteiger partial charge in [-0.1, -0.05) is 0 Å². The van der Waals surface area contributed by atoms with E-state index in [4.69, 9.17) is 5.73 Å². The number of ether oxygens (including phenoxy) is 1. The summed E-state index contributed by atoms with van der Waals surface area (Å²) in [6, 6.07) is 0.228. The van der Waals surface area contributed by atoms with E-state index in [9.17, 15) is 8.78 Å². The number of aliphatic imine (C=N–C) groups is 1. The van der Waals surface area contributed by atoms with Crippen LogP contribution in [0.25, 0.3) is 0 Å². The molecule has 1 rings (SSSR count). The minimum Gasteiger partial charge on any atom is -0.370 e. The molecular weight excluding hydrogens is 204 g/mol. The van der Waals surface area contributed by atoms with Crippen LogP contribution in [0.5, 0.6) is 0 Å². The Kier molecular flexibility index (Phi) is 4.74. The van der Waals surface area contributed by atoms with Gasteiger partial charge >= 0.3 is 6.61 Å². The minimum absolute atomic E-state index is 0.228. The third-order valence-electron chi connectivity index (χ3n) is 2.56. The van der Waals surface area contributed by atoms with E-state index in [0.717, 1.165) is 12.8 Å². The molecule has 0 radical (unpaired) electrons. The first-order chi connectivity index (χ1) is 7.11. The lowest BCUT2D eigenvalue weighted by molar-refractivity contribution is -0.170. The zero-order chi connectivity index (χ0) is 11.3. The summed E-state index contributed by atoms with van der Waals surface area (Å²) in [5, 5.41) is 3.03. The predicted molar refractivity (Wildman–Crippen MR) is 53.8 cm³/mol. The van der Waals surface area contributed by atoms with Gasteiger partial charge in [-0.05, 0) is 25.7 Å². The van der Waals surface area contributed by atoms with Crippen molar-refractivity contribution in [1.82, 2.24) is 5.32 Å². The Morgan fingerprint density at radius 3 is 2.47 bits per heavy atom. The lowest BCUT2D eigenvalue weighted by atomic mass is 9.93. The summed E-state index contributed by atoms with van der Waals surface area (Å²) in [4.78, 5) is 3.78. The highest BCUT2D eigenvalue weighted by molar-refractivity contribution is 5.77. The number of nitrogens with one attached hydrogen (secondary N) is 1. The van der Waals surface area contributed by atoms with E-state index in [1.54, 1.807) is 7.05 Å². The van der Waals surface area contributed by atoms with Crippen molar-refractivity contribution in [2.75, 3.05) is 7.05 Å². The van der Waals surface area contributed by atoms with Crippen molar-refractivity contribution >= 4 is 5.96 Å². The normalized spacial score (nSPS) is 28.1.